The van der Waals surface area contributed by atoms with Crippen LogP contribution in [0, 0.1) is 11.6 Å². The molecule has 14 heteroatoms. The number of rotatable bonds is 5. The Kier molecular flexibility index (Phi) is 6.12. The van der Waals surface area contributed by atoms with E-state index in [-0.39, 0.29) is 24.4 Å². The van der Waals surface area contributed by atoms with Gasteiger partial charge in [0, 0.05) is 18.2 Å². The summed E-state index contributed by atoms with van der Waals surface area (Å²) in [6.07, 6.45) is -1.80. The molecule has 2 saturated heterocycles. The Balaban J connectivity index is 1.32. The molecule has 2 aliphatic rings. The van der Waals surface area contributed by atoms with Crippen molar-refractivity contribution in [3.05, 3.63) is 54.0 Å². The average molecular weight is 512 g/mol. The van der Waals surface area contributed by atoms with Crippen LogP contribution in [0.15, 0.2) is 36.8 Å². The van der Waals surface area contributed by atoms with Gasteiger partial charge in [0.05, 0.1) is 24.7 Å². The van der Waals surface area contributed by atoms with Gasteiger partial charge in [-0.15, -0.1) is 0 Å². The van der Waals surface area contributed by atoms with Crippen LogP contribution in [0.4, 0.5) is 14.6 Å². The number of aliphatic hydroxyl groups is 2. The first-order valence-electron chi connectivity index (χ1n) is 10.7. The van der Waals surface area contributed by atoms with E-state index in [2.05, 4.69) is 9.97 Å². The predicted octanol–water partition coefficient (Wildman–Crippen LogP) is 2.60. The van der Waals surface area contributed by atoms with Gasteiger partial charge < -0.3 is 25.3 Å². The summed E-state index contributed by atoms with van der Waals surface area (Å²) in [4.78, 5) is 8.09. The van der Waals surface area contributed by atoms with Crippen molar-refractivity contribution in [2.24, 2.45) is 0 Å². The Labute approximate surface area is 198 Å². The molecule has 1 unspecified atom stereocenters. The highest BCUT2D eigenvalue weighted by Gasteiger charge is 2.54. The highest BCUT2D eigenvalue weighted by atomic mass is 31.2. The fourth-order valence-corrected chi connectivity index (χ4v) is 5.67. The van der Waals surface area contributed by atoms with Crippen molar-refractivity contribution in [3.8, 4) is 0 Å². The zero-order chi connectivity index (χ0) is 25.0. The fraction of sp³-hybridized carbons (Fsp3) is 0.429. The molecule has 11 nitrogen and oxygen atoms in total. The molecule has 2 aromatic heterocycles. The summed E-state index contributed by atoms with van der Waals surface area (Å²) in [6.45, 7) is 0.791. The molecule has 0 bridgehead atoms. The van der Waals surface area contributed by atoms with E-state index in [0.717, 1.165) is 6.07 Å². The predicted molar refractivity (Wildman–Crippen MR) is 117 cm³/mol. The van der Waals surface area contributed by atoms with Crippen LogP contribution in [-0.2, 0) is 22.9 Å². The molecule has 4 heterocycles. The van der Waals surface area contributed by atoms with E-state index in [1.165, 1.54) is 30.0 Å². The molecule has 188 valence electrons. The fourth-order valence-electron chi connectivity index (χ4n) is 4.28. The number of benzene rings is 1. The minimum atomic E-state index is -4.22. The van der Waals surface area contributed by atoms with E-state index < -0.39 is 56.2 Å². The number of fused-ring (bicyclic) bond motifs is 1. The summed E-state index contributed by atoms with van der Waals surface area (Å²) in [5, 5.41) is 22.3. The summed E-state index contributed by atoms with van der Waals surface area (Å²) < 4.78 is 64.1. The minimum Gasteiger partial charge on any atom is -0.387 e. The lowest BCUT2D eigenvalue weighted by atomic mass is 9.96. The molecule has 35 heavy (non-hydrogen) atoms. The quantitative estimate of drug-likeness (QED) is 0.435. The molecule has 6 atom stereocenters. The lowest BCUT2D eigenvalue weighted by Gasteiger charge is -2.30. The Morgan fingerprint density at radius 1 is 1.34 bits per heavy atom. The summed E-state index contributed by atoms with van der Waals surface area (Å²) in [7, 11) is -4.22. The third-order valence-electron chi connectivity index (χ3n) is 6.16. The largest absolute Gasteiger partial charge is 0.475 e. The monoisotopic (exact) mass is 512 g/mol. The van der Waals surface area contributed by atoms with Crippen LogP contribution < -0.4 is 5.73 Å². The van der Waals surface area contributed by atoms with Gasteiger partial charge in [-0.2, -0.15) is 0 Å². The zero-order valence-electron chi connectivity index (χ0n) is 18.5. The minimum absolute atomic E-state index is 0.0944. The van der Waals surface area contributed by atoms with Gasteiger partial charge in [-0.25, -0.2) is 23.3 Å². The second-order valence-corrected chi connectivity index (χ2v) is 10.1. The van der Waals surface area contributed by atoms with Gasteiger partial charge in [0.1, 0.15) is 35.6 Å². The molecular formula is C21H23F2N4O7P. The maximum Gasteiger partial charge on any atom is 0.475 e. The third-order valence-corrected chi connectivity index (χ3v) is 7.64. The van der Waals surface area contributed by atoms with E-state index in [4.69, 9.17) is 24.0 Å². The van der Waals surface area contributed by atoms with Gasteiger partial charge >= 0.3 is 7.82 Å². The average Bonchev–Trinajstić information content (AvgIpc) is 3.34. The summed E-state index contributed by atoms with van der Waals surface area (Å²) in [5.41, 5.74) is 4.33. The van der Waals surface area contributed by atoms with Gasteiger partial charge in [0.25, 0.3) is 0 Å². The van der Waals surface area contributed by atoms with Crippen molar-refractivity contribution in [2.45, 2.75) is 43.5 Å². The second-order valence-electron chi connectivity index (χ2n) is 8.52. The topological polar surface area (TPSA) is 151 Å². The van der Waals surface area contributed by atoms with E-state index >= 15 is 0 Å². The number of hydrogen-bond donors (Lipinski definition) is 3. The van der Waals surface area contributed by atoms with Gasteiger partial charge in [-0.3, -0.25) is 13.6 Å². The molecule has 0 radical (unpaired) electrons. The molecular weight excluding hydrogens is 489 g/mol. The standard InChI is InChI=1S/C21H23F2N4O7P/c1-21(29)17(28)15(33-20(21)27-7-5-12-18(24)25-10-26-19(12)27)9-32-35(30)31-8-6-14(34-35)11-3-2-4-13(22)16(11)23/h2-5,7,10,14-15,17,20,28-29H,6,8-9H2,1H3,(H2,24,25,26)/t14-,15?,17-,20-,21-,35+/m1/s1. The number of nitrogen functional groups attached to an aromatic ring is 1. The maximum atomic E-state index is 14.2. The number of aromatic nitrogens is 3. The lowest BCUT2D eigenvalue weighted by Crippen LogP contribution is -2.44. The maximum absolute atomic E-state index is 14.2. The van der Waals surface area contributed by atoms with Gasteiger partial charge in [0.15, 0.2) is 17.9 Å². The number of nitrogens with two attached hydrogens (primary N) is 1. The molecule has 5 rings (SSSR count). The highest BCUT2D eigenvalue weighted by molar-refractivity contribution is 7.48. The van der Waals surface area contributed by atoms with Crippen LogP contribution in [0.5, 0.6) is 0 Å². The van der Waals surface area contributed by atoms with Crippen molar-refractivity contribution in [3.63, 3.8) is 0 Å². The Morgan fingerprint density at radius 2 is 2.14 bits per heavy atom. The first kappa shape index (κ1) is 24.2. The Hall–Kier alpha value is -2.51. The molecule has 0 saturated carbocycles. The van der Waals surface area contributed by atoms with Crippen LogP contribution in [0.3, 0.4) is 0 Å². The van der Waals surface area contributed by atoms with Gasteiger partial charge in [0.2, 0.25) is 0 Å². The first-order valence-corrected chi connectivity index (χ1v) is 12.2. The summed E-state index contributed by atoms with van der Waals surface area (Å²) >= 11 is 0. The van der Waals surface area contributed by atoms with Crippen LogP contribution >= 0.6 is 7.82 Å². The molecule has 1 aromatic carbocycles. The molecule has 2 aliphatic heterocycles. The number of hydrogen-bond acceptors (Lipinski definition) is 10. The highest BCUT2D eigenvalue weighted by Crippen LogP contribution is 2.57. The van der Waals surface area contributed by atoms with Crippen molar-refractivity contribution in [1.82, 2.24) is 14.5 Å². The van der Waals surface area contributed by atoms with E-state index in [0.29, 0.717) is 11.0 Å². The number of phosphoric ester groups is 1. The van der Waals surface area contributed by atoms with Gasteiger partial charge in [-0.1, -0.05) is 12.1 Å². The zero-order valence-corrected chi connectivity index (χ0v) is 19.3. The molecule has 2 fully saturated rings. The van der Waals surface area contributed by atoms with Crippen molar-refractivity contribution in [1.29, 1.82) is 0 Å². The number of anilines is 1. The number of ether oxygens (including phenoxy) is 1. The van der Waals surface area contributed by atoms with E-state index in [1.54, 1.807) is 12.3 Å². The van der Waals surface area contributed by atoms with Crippen molar-refractivity contribution >= 4 is 24.7 Å². The number of phosphoric acid groups is 1. The van der Waals surface area contributed by atoms with Crippen LogP contribution in [-0.4, -0.2) is 55.8 Å². The van der Waals surface area contributed by atoms with Crippen molar-refractivity contribution < 1.29 is 41.9 Å². The SMILES string of the molecule is C[C@@]1(O)[C@H](O)C(CO[P@]2(=O)OCC[C@H](c3cccc(F)c3F)O2)O[C@H]1n1ccc2c(N)ncnc21. The van der Waals surface area contributed by atoms with Crippen LogP contribution in [0.1, 0.15) is 31.2 Å². The number of halogens is 2. The molecule has 4 N–H and O–H groups in total. The number of aliphatic hydroxyl groups excluding tert-OH is 1. The molecule has 3 aromatic rings. The Bertz CT molecular complexity index is 1310. The smallest absolute Gasteiger partial charge is 0.387 e. The van der Waals surface area contributed by atoms with Crippen LogP contribution in [0.25, 0.3) is 11.0 Å². The molecule has 0 aliphatic carbocycles. The normalized spacial score (nSPS) is 33.4. The van der Waals surface area contributed by atoms with E-state index in [1.807, 2.05) is 0 Å². The molecule has 0 spiro atoms. The third kappa shape index (κ3) is 4.23. The summed E-state index contributed by atoms with van der Waals surface area (Å²) in [5.74, 6) is -1.93. The van der Waals surface area contributed by atoms with E-state index in [9.17, 15) is 23.6 Å². The molecule has 0 amide bonds. The summed E-state index contributed by atoms with van der Waals surface area (Å²) in [6, 6.07) is 5.24. The van der Waals surface area contributed by atoms with Gasteiger partial charge in [-0.05, 0) is 19.1 Å². The van der Waals surface area contributed by atoms with Crippen LogP contribution in [0.2, 0.25) is 0 Å². The lowest BCUT2D eigenvalue weighted by molar-refractivity contribution is -0.0951. The first-order chi connectivity index (χ1) is 16.6. The number of nitrogens with zero attached hydrogens (tertiary/aromatic N) is 3. The van der Waals surface area contributed by atoms with Crippen molar-refractivity contribution in [2.75, 3.05) is 18.9 Å². The second kappa shape index (κ2) is 8.86. The Morgan fingerprint density at radius 3 is 2.94 bits per heavy atom.